The average molecular weight is 204 g/mol. The van der Waals surface area contributed by atoms with E-state index in [0.29, 0.717) is 11.5 Å². The summed E-state index contributed by atoms with van der Waals surface area (Å²) < 4.78 is 5.26. The summed E-state index contributed by atoms with van der Waals surface area (Å²) in [6.45, 7) is 1.49. The molecule has 2 N–H and O–H groups in total. The number of aromatic nitrogens is 2. The summed E-state index contributed by atoms with van der Waals surface area (Å²) in [6, 6.07) is 1.95. The highest BCUT2D eigenvalue weighted by molar-refractivity contribution is 5.46. The van der Waals surface area contributed by atoms with E-state index in [4.69, 9.17) is 15.7 Å². The molecule has 15 heavy (non-hydrogen) atoms. The summed E-state index contributed by atoms with van der Waals surface area (Å²) in [7, 11) is 0. The monoisotopic (exact) mass is 204 g/mol. The first kappa shape index (κ1) is 9.87. The quantitative estimate of drug-likeness (QED) is 0.732. The predicted octanol–water partition coefficient (Wildman–Crippen LogP) is 0.824. The van der Waals surface area contributed by atoms with Crippen LogP contribution in [0.15, 0.2) is 6.20 Å². The lowest BCUT2D eigenvalue weighted by atomic mass is 9.99. The van der Waals surface area contributed by atoms with Crippen LogP contribution in [0.5, 0.6) is 0 Å². The lowest BCUT2D eigenvalue weighted by Crippen LogP contribution is -2.17. The van der Waals surface area contributed by atoms with E-state index < -0.39 is 0 Å². The molecule has 0 atom stereocenters. The molecule has 0 amide bonds. The van der Waals surface area contributed by atoms with Gasteiger partial charge in [-0.15, -0.1) is 0 Å². The molecule has 0 aromatic carbocycles. The summed E-state index contributed by atoms with van der Waals surface area (Å²) >= 11 is 0. The van der Waals surface area contributed by atoms with Gasteiger partial charge in [0, 0.05) is 19.1 Å². The Morgan fingerprint density at radius 2 is 2.20 bits per heavy atom. The van der Waals surface area contributed by atoms with Crippen molar-refractivity contribution in [1.29, 1.82) is 5.26 Å². The molecule has 5 heteroatoms. The van der Waals surface area contributed by atoms with Crippen LogP contribution in [0, 0.1) is 11.3 Å². The van der Waals surface area contributed by atoms with Crippen molar-refractivity contribution in [3.8, 4) is 6.07 Å². The third-order valence-electron chi connectivity index (χ3n) is 2.54. The number of anilines is 1. The second-order valence-electron chi connectivity index (χ2n) is 3.53. The zero-order chi connectivity index (χ0) is 10.7. The van der Waals surface area contributed by atoms with Gasteiger partial charge >= 0.3 is 0 Å². The van der Waals surface area contributed by atoms with Crippen LogP contribution in [-0.4, -0.2) is 23.2 Å². The van der Waals surface area contributed by atoms with Crippen LogP contribution in [0.25, 0.3) is 0 Å². The highest BCUT2D eigenvalue weighted by Crippen LogP contribution is 2.24. The molecule has 0 aliphatic carbocycles. The topological polar surface area (TPSA) is 84.8 Å². The van der Waals surface area contributed by atoms with Gasteiger partial charge in [0.25, 0.3) is 0 Å². The second kappa shape index (κ2) is 4.24. The molecule has 0 unspecified atom stereocenters. The standard InChI is InChI=1S/C10H12N4O/c11-5-8-6-13-10(14-9(8)12)7-1-3-15-4-2-7/h6-7H,1-4H2,(H2,12,13,14). The van der Waals surface area contributed by atoms with Crippen LogP contribution in [0.3, 0.4) is 0 Å². The smallest absolute Gasteiger partial charge is 0.145 e. The van der Waals surface area contributed by atoms with Crippen molar-refractivity contribution in [2.24, 2.45) is 0 Å². The molecule has 0 saturated carbocycles. The van der Waals surface area contributed by atoms with Gasteiger partial charge in [-0.3, -0.25) is 0 Å². The van der Waals surface area contributed by atoms with Gasteiger partial charge in [-0.05, 0) is 12.8 Å². The highest BCUT2D eigenvalue weighted by Gasteiger charge is 2.19. The maximum atomic E-state index is 8.69. The number of nitriles is 1. The van der Waals surface area contributed by atoms with E-state index in [1.165, 1.54) is 6.20 Å². The van der Waals surface area contributed by atoms with E-state index in [9.17, 15) is 0 Å². The number of ether oxygens (including phenoxy) is 1. The fourth-order valence-electron chi connectivity index (χ4n) is 1.65. The van der Waals surface area contributed by atoms with E-state index in [1.807, 2.05) is 6.07 Å². The third-order valence-corrected chi connectivity index (χ3v) is 2.54. The maximum Gasteiger partial charge on any atom is 0.145 e. The molecule has 2 rings (SSSR count). The molecule has 1 aliphatic heterocycles. The Hall–Kier alpha value is -1.67. The molecule has 1 saturated heterocycles. The Morgan fingerprint density at radius 3 is 2.80 bits per heavy atom. The minimum absolute atomic E-state index is 0.272. The van der Waals surface area contributed by atoms with Crippen molar-refractivity contribution in [1.82, 2.24) is 9.97 Å². The first-order valence-corrected chi connectivity index (χ1v) is 4.91. The third kappa shape index (κ3) is 2.05. The molecule has 1 aliphatic rings. The minimum atomic E-state index is 0.272. The van der Waals surface area contributed by atoms with Gasteiger partial charge in [0.05, 0.1) is 6.20 Å². The summed E-state index contributed by atoms with van der Waals surface area (Å²) in [5.74, 6) is 1.32. The van der Waals surface area contributed by atoms with Crippen LogP contribution in [0.2, 0.25) is 0 Å². The van der Waals surface area contributed by atoms with Crippen molar-refractivity contribution in [3.05, 3.63) is 17.6 Å². The Kier molecular flexibility index (Phi) is 2.79. The summed E-state index contributed by atoms with van der Waals surface area (Å²) in [6.07, 6.45) is 3.34. The Labute approximate surface area is 87.9 Å². The van der Waals surface area contributed by atoms with Crippen LogP contribution < -0.4 is 5.73 Å². The summed E-state index contributed by atoms with van der Waals surface area (Å²) in [4.78, 5) is 8.32. The molecule has 0 spiro atoms. The van der Waals surface area contributed by atoms with Crippen LogP contribution in [0.4, 0.5) is 5.82 Å². The van der Waals surface area contributed by atoms with Crippen LogP contribution in [-0.2, 0) is 4.74 Å². The predicted molar refractivity (Wildman–Crippen MR) is 54.0 cm³/mol. The van der Waals surface area contributed by atoms with Crippen molar-refractivity contribution >= 4 is 5.82 Å². The zero-order valence-corrected chi connectivity index (χ0v) is 8.31. The van der Waals surface area contributed by atoms with Gasteiger partial charge < -0.3 is 10.5 Å². The Balaban J connectivity index is 2.22. The fraction of sp³-hybridized carbons (Fsp3) is 0.500. The minimum Gasteiger partial charge on any atom is -0.382 e. The van der Waals surface area contributed by atoms with E-state index >= 15 is 0 Å². The van der Waals surface area contributed by atoms with Gasteiger partial charge in [0.15, 0.2) is 0 Å². The number of nitrogen functional groups attached to an aromatic ring is 1. The molecule has 1 aromatic heterocycles. The first-order valence-electron chi connectivity index (χ1n) is 4.91. The average Bonchev–Trinajstić information content (AvgIpc) is 2.30. The van der Waals surface area contributed by atoms with Crippen molar-refractivity contribution in [3.63, 3.8) is 0 Å². The summed E-state index contributed by atoms with van der Waals surface area (Å²) in [5, 5.41) is 8.69. The van der Waals surface area contributed by atoms with Gasteiger partial charge in [-0.1, -0.05) is 0 Å². The molecule has 0 radical (unpaired) electrons. The normalized spacial score (nSPS) is 17.3. The van der Waals surface area contributed by atoms with Crippen molar-refractivity contribution in [2.75, 3.05) is 18.9 Å². The van der Waals surface area contributed by atoms with E-state index in [-0.39, 0.29) is 5.82 Å². The van der Waals surface area contributed by atoms with Crippen molar-refractivity contribution in [2.45, 2.75) is 18.8 Å². The zero-order valence-electron chi connectivity index (χ0n) is 8.31. The fourth-order valence-corrected chi connectivity index (χ4v) is 1.65. The molecular formula is C10H12N4O. The molecule has 1 aromatic rings. The van der Waals surface area contributed by atoms with Crippen LogP contribution >= 0.6 is 0 Å². The molecule has 1 fully saturated rings. The first-order chi connectivity index (χ1) is 7.31. The Bertz CT molecular complexity index is 393. The number of nitrogens with zero attached hydrogens (tertiary/aromatic N) is 3. The lowest BCUT2D eigenvalue weighted by Gasteiger charge is -2.20. The largest absolute Gasteiger partial charge is 0.382 e. The van der Waals surface area contributed by atoms with Crippen LogP contribution in [0.1, 0.15) is 30.1 Å². The second-order valence-corrected chi connectivity index (χ2v) is 3.53. The molecule has 0 bridgehead atoms. The van der Waals surface area contributed by atoms with Gasteiger partial charge in [-0.25, -0.2) is 9.97 Å². The molecule has 78 valence electrons. The number of hydrogen-bond acceptors (Lipinski definition) is 5. The Morgan fingerprint density at radius 1 is 1.47 bits per heavy atom. The molecule has 2 heterocycles. The SMILES string of the molecule is N#Cc1cnc(C2CCOCC2)nc1N. The van der Waals surface area contributed by atoms with E-state index in [1.54, 1.807) is 0 Å². The number of rotatable bonds is 1. The molecule has 5 nitrogen and oxygen atoms in total. The number of nitrogens with two attached hydrogens (primary N) is 1. The number of hydrogen-bond donors (Lipinski definition) is 1. The van der Waals surface area contributed by atoms with Gasteiger partial charge in [0.1, 0.15) is 23.3 Å². The highest BCUT2D eigenvalue weighted by atomic mass is 16.5. The molecular weight excluding hydrogens is 192 g/mol. The van der Waals surface area contributed by atoms with Crippen molar-refractivity contribution < 1.29 is 4.74 Å². The van der Waals surface area contributed by atoms with E-state index in [2.05, 4.69) is 9.97 Å². The maximum absolute atomic E-state index is 8.69. The van der Waals surface area contributed by atoms with Gasteiger partial charge in [-0.2, -0.15) is 5.26 Å². The van der Waals surface area contributed by atoms with E-state index in [0.717, 1.165) is 31.9 Å². The van der Waals surface area contributed by atoms with Gasteiger partial charge in [0.2, 0.25) is 0 Å². The lowest BCUT2D eigenvalue weighted by molar-refractivity contribution is 0.0836. The summed E-state index contributed by atoms with van der Waals surface area (Å²) in [5.41, 5.74) is 5.97.